The van der Waals surface area contributed by atoms with E-state index in [4.69, 9.17) is 4.74 Å². The topological polar surface area (TPSA) is 105 Å². The van der Waals surface area contributed by atoms with Crippen LogP contribution in [0.4, 0.5) is 23.1 Å². The second-order valence-electron chi connectivity index (χ2n) is 8.66. The Morgan fingerprint density at radius 2 is 1.62 bits per heavy atom. The number of hydrogen-bond donors (Lipinski definition) is 3. The first-order valence-electron chi connectivity index (χ1n) is 11.5. The molecule has 9 heteroatoms. The molecule has 0 radical (unpaired) electrons. The predicted octanol–water partition coefficient (Wildman–Crippen LogP) is 5.39. The van der Waals surface area contributed by atoms with E-state index in [-0.39, 0.29) is 4.90 Å². The van der Waals surface area contributed by atoms with E-state index in [2.05, 4.69) is 25.3 Å². The molecule has 8 nitrogen and oxygen atoms in total. The molecule has 0 spiro atoms. The molecule has 0 atom stereocenters. The van der Waals surface area contributed by atoms with Gasteiger partial charge in [0, 0.05) is 29.2 Å². The molecule has 0 amide bonds. The van der Waals surface area contributed by atoms with Crippen LogP contribution in [-0.4, -0.2) is 31.5 Å². The van der Waals surface area contributed by atoms with Crippen LogP contribution in [0, 0.1) is 13.8 Å². The predicted molar refractivity (Wildman–Crippen MR) is 136 cm³/mol. The van der Waals surface area contributed by atoms with Crippen molar-refractivity contribution in [2.45, 2.75) is 56.9 Å². The summed E-state index contributed by atoms with van der Waals surface area (Å²) in [5.74, 6) is 1.61. The van der Waals surface area contributed by atoms with E-state index in [1.807, 2.05) is 26.0 Å². The first kappa shape index (κ1) is 23.8. The molecule has 1 fully saturated rings. The van der Waals surface area contributed by atoms with Gasteiger partial charge in [-0.1, -0.05) is 25.3 Å². The second-order valence-corrected chi connectivity index (χ2v) is 10.3. The molecular weight excluding hydrogens is 450 g/mol. The summed E-state index contributed by atoms with van der Waals surface area (Å²) in [6, 6.07) is 14.4. The molecule has 4 rings (SSSR count). The van der Waals surface area contributed by atoms with Crippen LogP contribution in [0.25, 0.3) is 0 Å². The van der Waals surface area contributed by atoms with Gasteiger partial charge in [0.25, 0.3) is 10.0 Å². The summed E-state index contributed by atoms with van der Waals surface area (Å²) >= 11 is 0. The van der Waals surface area contributed by atoms with Gasteiger partial charge >= 0.3 is 0 Å². The lowest BCUT2D eigenvalue weighted by Crippen LogP contribution is -2.23. The third-order valence-corrected chi connectivity index (χ3v) is 7.21. The molecule has 1 aromatic heterocycles. The maximum atomic E-state index is 12.9. The molecule has 1 aliphatic rings. The number of sulfonamides is 1. The van der Waals surface area contributed by atoms with Crippen molar-refractivity contribution in [2.75, 3.05) is 22.5 Å². The molecule has 1 aliphatic carbocycles. The summed E-state index contributed by atoms with van der Waals surface area (Å²) in [5.41, 5.74) is 2.94. The average molecular weight is 482 g/mol. The minimum absolute atomic E-state index is 0.103. The Kier molecular flexibility index (Phi) is 7.21. The van der Waals surface area contributed by atoms with Crippen LogP contribution in [0.5, 0.6) is 5.75 Å². The maximum Gasteiger partial charge on any atom is 0.265 e. The normalized spacial score (nSPS) is 14.4. The van der Waals surface area contributed by atoms with Crippen LogP contribution in [0.15, 0.2) is 53.4 Å². The number of methoxy groups -OCH3 is 1. The summed E-state index contributed by atoms with van der Waals surface area (Å²) in [6.07, 6.45) is 6.06. The number of aromatic nitrogens is 2. The molecule has 34 heavy (non-hydrogen) atoms. The quantitative estimate of drug-likeness (QED) is 0.396. The molecular formula is C25H31N5O3S. The van der Waals surface area contributed by atoms with Crippen molar-refractivity contribution in [3.05, 3.63) is 59.8 Å². The van der Waals surface area contributed by atoms with Crippen molar-refractivity contribution >= 4 is 33.2 Å². The SMILES string of the molecule is COc1ccc(C)cc1S(=O)(=O)Nc1ccc(Nc2cc(C)nc(NC3CCCCC3)n2)cc1. The van der Waals surface area contributed by atoms with Crippen LogP contribution in [0.2, 0.25) is 0 Å². The number of nitrogens with one attached hydrogen (secondary N) is 3. The minimum atomic E-state index is -3.80. The van der Waals surface area contributed by atoms with Gasteiger partial charge in [-0.2, -0.15) is 4.98 Å². The van der Waals surface area contributed by atoms with Crippen molar-refractivity contribution < 1.29 is 13.2 Å². The highest BCUT2D eigenvalue weighted by atomic mass is 32.2. The largest absolute Gasteiger partial charge is 0.495 e. The lowest BCUT2D eigenvalue weighted by atomic mass is 9.96. The lowest BCUT2D eigenvalue weighted by molar-refractivity contribution is 0.402. The highest BCUT2D eigenvalue weighted by Gasteiger charge is 2.20. The van der Waals surface area contributed by atoms with E-state index in [1.54, 1.807) is 36.4 Å². The first-order chi connectivity index (χ1) is 16.3. The fourth-order valence-electron chi connectivity index (χ4n) is 4.10. The Balaban J connectivity index is 1.45. The summed E-state index contributed by atoms with van der Waals surface area (Å²) in [6.45, 7) is 3.78. The van der Waals surface area contributed by atoms with E-state index in [0.717, 1.165) is 29.8 Å². The smallest absolute Gasteiger partial charge is 0.265 e. The van der Waals surface area contributed by atoms with Crippen molar-refractivity contribution in [2.24, 2.45) is 0 Å². The fraction of sp³-hybridized carbons (Fsp3) is 0.360. The monoisotopic (exact) mass is 481 g/mol. The van der Waals surface area contributed by atoms with Crippen LogP contribution < -0.4 is 20.1 Å². The lowest BCUT2D eigenvalue weighted by Gasteiger charge is -2.23. The van der Waals surface area contributed by atoms with Crippen LogP contribution in [0.3, 0.4) is 0 Å². The highest BCUT2D eigenvalue weighted by molar-refractivity contribution is 7.92. The van der Waals surface area contributed by atoms with Gasteiger partial charge in [0.05, 0.1) is 7.11 Å². The van der Waals surface area contributed by atoms with Crippen molar-refractivity contribution in [3.63, 3.8) is 0 Å². The summed E-state index contributed by atoms with van der Waals surface area (Å²) in [4.78, 5) is 9.24. The van der Waals surface area contributed by atoms with Crippen LogP contribution >= 0.6 is 0 Å². The van der Waals surface area contributed by atoms with E-state index >= 15 is 0 Å². The summed E-state index contributed by atoms with van der Waals surface area (Å²) < 4.78 is 33.7. The van der Waals surface area contributed by atoms with Gasteiger partial charge in [-0.25, -0.2) is 13.4 Å². The van der Waals surface area contributed by atoms with Gasteiger partial charge in [0.1, 0.15) is 16.5 Å². The number of hydrogen-bond acceptors (Lipinski definition) is 7. The Labute approximate surface area is 201 Å². The molecule has 2 aromatic carbocycles. The zero-order valence-electron chi connectivity index (χ0n) is 19.8. The van der Waals surface area contributed by atoms with E-state index < -0.39 is 10.0 Å². The Morgan fingerprint density at radius 3 is 2.32 bits per heavy atom. The Bertz CT molecular complexity index is 1240. The van der Waals surface area contributed by atoms with Crippen LogP contribution in [-0.2, 0) is 10.0 Å². The average Bonchev–Trinajstić information content (AvgIpc) is 2.80. The van der Waals surface area contributed by atoms with Gasteiger partial charge in [0.2, 0.25) is 5.95 Å². The first-order valence-corrected chi connectivity index (χ1v) is 13.0. The summed E-state index contributed by atoms with van der Waals surface area (Å²) in [5, 5.41) is 6.74. The molecule has 1 heterocycles. The van der Waals surface area contributed by atoms with Gasteiger partial charge in [-0.3, -0.25) is 4.72 Å². The molecule has 0 bridgehead atoms. The number of benzene rings is 2. The second kappa shape index (κ2) is 10.3. The van der Waals surface area contributed by atoms with E-state index in [1.165, 1.54) is 26.4 Å². The van der Waals surface area contributed by atoms with Crippen molar-refractivity contribution in [3.8, 4) is 5.75 Å². The zero-order chi connectivity index (χ0) is 24.1. The number of ether oxygens (including phenoxy) is 1. The van der Waals surface area contributed by atoms with Crippen LogP contribution in [0.1, 0.15) is 43.4 Å². The molecule has 3 aromatic rings. The van der Waals surface area contributed by atoms with Gasteiger partial charge < -0.3 is 15.4 Å². The summed E-state index contributed by atoms with van der Waals surface area (Å²) in [7, 11) is -2.35. The number of rotatable bonds is 8. The minimum Gasteiger partial charge on any atom is -0.495 e. The third-order valence-electron chi connectivity index (χ3n) is 5.81. The molecule has 3 N–H and O–H groups in total. The van der Waals surface area contributed by atoms with E-state index in [9.17, 15) is 8.42 Å². The molecule has 0 aliphatic heterocycles. The van der Waals surface area contributed by atoms with Crippen molar-refractivity contribution in [1.82, 2.24) is 9.97 Å². The Morgan fingerprint density at radius 1 is 0.912 bits per heavy atom. The van der Waals surface area contributed by atoms with Crippen molar-refractivity contribution in [1.29, 1.82) is 0 Å². The van der Waals surface area contributed by atoms with Gasteiger partial charge in [-0.05, 0) is 68.7 Å². The fourth-order valence-corrected chi connectivity index (χ4v) is 5.41. The Hall–Kier alpha value is -3.33. The standard InChI is InChI=1S/C25H31N5O3S/c1-17-9-14-22(33-3)23(15-17)34(31,32)30-21-12-10-20(11-13-21)27-24-16-18(2)26-25(29-24)28-19-7-5-4-6-8-19/h9-16,19,30H,4-8H2,1-3H3,(H2,26,27,28,29). The highest BCUT2D eigenvalue weighted by Crippen LogP contribution is 2.28. The number of anilines is 4. The van der Waals surface area contributed by atoms with Gasteiger partial charge in [0.15, 0.2) is 0 Å². The maximum absolute atomic E-state index is 12.9. The number of aryl methyl sites for hydroxylation is 2. The number of nitrogens with zero attached hydrogens (tertiary/aromatic N) is 2. The van der Waals surface area contributed by atoms with Gasteiger partial charge in [-0.15, -0.1) is 0 Å². The molecule has 0 unspecified atom stereocenters. The zero-order valence-corrected chi connectivity index (χ0v) is 20.6. The molecule has 180 valence electrons. The van der Waals surface area contributed by atoms with E-state index in [0.29, 0.717) is 29.2 Å². The molecule has 0 saturated heterocycles. The molecule has 1 saturated carbocycles. The third kappa shape index (κ3) is 5.96.